The Morgan fingerprint density at radius 1 is 0.868 bits per heavy atom. The van der Waals surface area contributed by atoms with Gasteiger partial charge in [-0.2, -0.15) is 26.3 Å². The maximum Gasteiger partial charge on any atom is 0.490 e. The number of carbonyl (C=O) groups is 3. The number of anilines is 1. The zero-order chi connectivity index (χ0) is 29.1. The van der Waals surface area contributed by atoms with Crippen molar-refractivity contribution in [3.05, 3.63) is 29.8 Å². The predicted octanol–water partition coefficient (Wildman–Crippen LogP) is 4.03. The van der Waals surface area contributed by atoms with Crippen LogP contribution >= 0.6 is 0 Å². The van der Waals surface area contributed by atoms with Gasteiger partial charge in [-0.15, -0.1) is 0 Å². The summed E-state index contributed by atoms with van der Waals surface area (Å²) in [5.41, 5.74) is 2.56. The number of likely N-dealkylation sites (tertiary alicyclic amines) is 1. The Morgan fingerprint density at radius 2 is 1.34 bits per heavy atom. The topological polar surface area (TPSA) is 101 Å². The number of piperidine rings is 1. The molecule has 0 saturated carbocycles. The van der Waals surface area contributed by atoms with Gasteiger partial charge in [0.2, 0.25) is 5.91 Å². The minimum atomic E-state index is -5.08. The van der Waals surface area contributed by atoms with Crippen LogP contribution in [0.4, 0.5) is 32.0 Å². The fourth-order valence-electron chi connectivity index (χ4n) is 3.87. The molecule has 2 fully saturated rings. The average molecular weight is 558 g/mol. The Hall–Kier alpha value is -3.03. The quantitative estimate of drug-likeness (QED) is 0.539. The summed E-state index contributed by atoms with van der Waals surface area (Å²) in [6.45, 7) is 11.3. The normalized spacial score (nSPS) is 18.5. The molecule has 2 aliphatic heterocycles. The van der Waals surface area contributed by atoms with Crippen molar-refractivity contribution in [3.63, 3.8) is 0 Å². The summed E-state index contributed by atoms with van der Waals surface area (Å²) in [5.74, 6) is -4.40. The van der Waals surface area contributed by atoms with Crippen LogP contribution in [-0.2, 0) is 14.4 Å². The number of piperazine rings is 1. The number of carboxylic acid groups (broad SMARTS) is 2. The van der Waals surface area contributed by atoms with E-state index in [0.29, 0.717) is 12.3 Å². The highest BCUT2D eigenvalue weighted by Crippen LogP contribution is 2.19. The highest BCUT2D eigenvalue weighted by Gasteiger charge is 2.38. The van der Waals surface area contributed by atoms with E-state index < -0.39 is 24.3 Å². The van der Waals surface area contributed by atoms with Gasteiger partial charge in [0.15, 0.2) is 0 Å². The van der Waals surface area contributed by atoms with Crippen molar-refractivity contribution < 1.29 is 50.9 Å². The van der Waals surface area contributed by atoms with E-state index in [1.165, 1.54) is 30.6 Å². The summed E-state index contributed by atoms with van der Waals surface area (Å²) in [4.78, 5) is 37.2. The molecule has 8 nitrogen and oxygen atoms in total. The Morgan fingerprint density at radius 3 is 1.76 bits per heavy atom. The van der Waals surface area contributed by atoms with Crippen LogP contribution in [-0.4, -0.2) is 96.0 Å². The molecule has 0 bridgehead atoms. The van der Waals surface area contributed by atoms with Crippen molar-refractivity contribution in [1.29, 1.82) is 0 Å². The van der Waals surface area contributed by atoms with Gasteiger partial charge in [-0.25, -0.2) is 9.59 Å². The number of rotatable bonds is 4. The first-order chi connectivity index (χ1) is 17.5. The molecular weight excluding hydrogens is 524 g/mol. The maximum atomic E-state index is 12.5. The maximum absolute atomic E-state index is 12.5. The molecule has 2 heterocycles. The third-order valence-electron chi connectivity index (χ3n) is 5.90. The number of hydrogen-bond acceptors (Lipinski definition) is 5. The molecule has 2 N–H and O–H groups in total. The SMILES string of the molecule is Cc1ccc(N2CCN(C(=O)CCN3CCCC(C)C3)CC2)cc1.O=C(O)C(F)(F)F.O=C(O)C(F)(F)F. The van der Waals surface area contributed by atoms with Crippen LogP contribution in [0.5, 0.6) is 0 Å². The molecule has 14 heteroatoms. The van der Waals surface area contributed by atoms with Gasteiger partial charge in [0.05, 0.1) is 0 Å². The first kappa shape index (κ1) is 33.0. The lowest BCUT2D eigenvalue weighted by atomic mass is 10.0. The number of amides is 1. The molecule has 2 aliphatic rings. The molecule has 1 atom stereocenters. The number of benzene rings is 1. The minimum Gasteiger partial charge on any atom is -0.475 e. The fourth-order valence-corrected chi connectivity index (χ4v) is 3.87. The lowest BCUT2D eigenvalue weighted by molar-refractivity contribution is -0.193. The highest BCUT2D eigenvalue weighted by atomic mass is 19.4. The average Bonchev–Trinajstić information content (AvgIpc) is 2.83. The van der Waals surface area contributed by atoms with E-state index in [1.54, 1.807) is 0 Å². The van der Waals surface area contributed by atoms with Crippen molar-refractivity contribution in [2.45, 2.75) is 45.5 Å². The highest BCUT2D eigenvalue weighted by molar-refractivity contribution is 5.76. The van der Waals surface area contributed by atoms with Crippen molar-refractivity contribution in [2.75, 3.05) is 50.7 Å². The molecule has 0 radical (unpaired) electrons. The van der Waals surface area contributed by atoms with E-state index in [4.69, 9.17) is 19.8 Å². The predicted molar refractivity (Wildman–Crippen MR) is 127 cm³/mol. The first-order valence-corrected chi connectivity index (χ1v) is 11.9. The largest absolute Gasteiger partial charge is 0.490 e. The third-order valence-corrected chi connectivity index (χ3v) is 5.90. The van der Waals surface area contributed by atoms with Crippen LogP contribution in [0.2, 0.25) is 0 Å². The third kappa shape index (κ3) is 12.5. The molecule has 216 valence electrons. The molecule has 0 aromatic heterocycles. The molecule has 0 spiro atoms. The molecule has 0 aliphatic carbocycles. The van der Waals surface area contributed by atoms with E-state index >= 15 is 0 Å². The lowest BCUT2D eigenvalue weighted by Crippen LogP contribution is -2.49. The van der Waals surface area contributed by atoms with E-state index in [0.717, 1.165) is 45.2 Å². The van der Waals surface area contributed by atoms with Gasteiger partial charge in [-0.3, -0.25) is 4.79 Å². The molecule has 1 amide bonds. The first-order valence-electron chi connectivity index (χ1n) is 11.9. The van der Waals surface area contributed by atoms with Gasteiger partial charge in [-0.1, -0.05) is 24.6 Å². The minimum absolute atomic E-state index is 0.330. The number of nitrogens with zero attached hydrogens (tertiary/aromatic N) is 3. The van der Waals surface area contributed by atoms with Crippen LogP contribution < -0.4 is 4.90 Å². The van der Waals surface area contributed by atoms with E-state index in [2.05, 4.69) is 52.8 Å². The van der Waals surface area contributed by atoms with Gasteiger partial charge < -0.3 is 24.9 Å². The summed E-state index contributed by atoms with van der Waals surface area (Å²) >= 11 is 0. The summed E-state index contributed by atoms with van der Waals surface area (Å²) in [5, 5.41) is 14.2. The molecular formula is C24H33F6N3O5. The van der Waals surface area contributed by atoms with Crippen LogP contribution in [0.25, 0.3) is 0 Å². The van der Waals surface area contributed by atoms with Crippen molar-refractivity contribution in [2.24, 2.45) is 5.92 Å². The van der Waals surface area contributed by atoms with Crippen molar-refractivity contribution >= 4 is 23.5 Å². The smallest absolute Gasteiger partial charge is 0.475 e. The number of hydrogen-bond donors (Lipinski definition) is 2. The monoisotopic (exact) mass is 557 g/mol. The Bertz CT molecular complexity index is 876. The van der Waals surface area contributed by atoms with E-state index in [1.807, 2.05) is 0 Å². The Labute approximate surface area is 216 Å². The number of aliphatic carboxylic acids is 2. The van der Waals surface area contributed by atoms with E-state index in [-0.39, 0.29) is 0 Å². The molecule has 1 aromatic carbocycles. The fraction of sp³-hybridized carbons (Fsp3) is 0.625. The number of carboxylic acids is 2. The summed E-state index contributed by atoms with van der Waals surface area (Å²) in [6.07, 6.45) is -6.87. The zero-order valence-corrected chi connectivity index (χ0v) is 21.2. The standard InChI is InChI=1S/C20H31N3O.2C2HF3O2/c1-17-5-7-19(8-6-17)22-12-14-23(15-13-22)20(24)9-11-21-10-3-4-18(2)16-21;2*3-2(4,5)1(6)7/h5-8,18H,3-4,9-16H2,1-2H3;2*(H,6,7). The summed E-state index contributed by atoms with van der Waals surface area (Å²) < 4.78 is 63.5. The molecule has 1 aromatic rings. The number of aryl methyl sites for hydroxylation is 1. The number of halogens is 6. The molecule has 38 heavy (non-hydrogen) atoms. The second-order valence-electron chi connectivity index (χ2n) is 9.11. The van der Waals surface area contributed by atoms with Crippen LogP contribution in [0.15, 0.2) is 24.3 Å². The zero-order valence-electron chi connectivity index (χ0n) is 21.2. The van der Waals surface area contributed by atoms with E-state index in [9.17, 15) is 31.1 Å². The summed E-state index contributed by atoms with van der Waals surface area (Å²) in [6, 6.07) is 8.69. The molecule has 1 unspecified atom stereocenters. The van der Waals surface area contributed by atoms with Gasteiger partial charge in [0.1, 0.15) is 0 Å². The summed E-state index contributed by atoms with van der Waals surface area (Å²) in [7, 11) is 0. The van der Waals surface area contributed by atoms with Gasteiger partial charge in [-0.05, 0) is 44.4 Å². The van der Waals surface area contributed by atoms with Crippen molar-refractivity contribution in [3.8, 4) is 0 Å². The van der Waals surface area contributed by atoms with Crippen LogP contribution in [0.3, 0.4) is 0 Å². The second kappa shape index (κ2) is 14.8. The van der Waals surface area contributed by atoms with Crippen LogP contribution in [0.1, 0.15) is 31.7 Å². The van der Waals surface area contributed by atoms with Crippen molar-refractivity contribution in [1.82, 2.24) is 9.80 Å². The van der Waals surface area contributed by atoms with Gasteiger partial charge in [0.25, 0.3) is 0 Å². The number of carbonyl (C=O) groups excluding carboxylic acids is 1. The Balaban J connectivity index is 0.000000426. The van der Waals surface area contributed by atoms with Gasteiger partial charge >= 0.3 is 24.3 Å². The van der Waals surface area contributed by atoms with Crippen LogP contribution in [0, 0.1) is 12.8 Å². The second-order valence-corrected chi connectivity index (χ2v) is 9.11. The van der Waals surface area contributed by atoms with Gasteiger partial charge in [0, 0.05) is 51.4 Å². The number of alkyl halides is 6. The molecule has 3 rings (SSSR count). The Kier molecular flexibility index (Phi) is 12.8. The molecule has 2 saturated heterocycles. The lowest BCUT2D eigenvalue weighted by Gasteiger charge is -2.37.